The number of benzene rings is 1. The molecule has 1 unspecified atom stereocenters. The van der Waals surface area contributed by atoms with Gasteiger partial charge in [0.15, 0.2) is 0 Å². The Kier molecular flexibility index (Phi) is 5.15. The third-order valence-electron chi connectivity index (χ3n) is 3.85. The fraction of sp³-hybridized carbons (Fsp3) is 0.571. The number of hydrogen-bond donors (Lipinski definition) is 2. The van der Waals surface area contributed by atoms with E-state index >= 15 is 0 Å². The van der Waals surface area contributed by atoms with Crippen molar-refractivity contribution in [2.24, 2.45) is 11.8 Å². The molecule has 1 atom stereocenters. The first-order valence-electron chi connectivity index (χ1n) is 6.63. The summed E-state index contributed by atoms with van der Waals surface area (Å²) in [7, 11) is 0. The van der Waals surface area contributed by atoms with E-state index in [9.17, 15) is 4.39 Å². The average Bonchev–Trinajstić information content (AvgIpc) is 2.62. The summed E-state index contributed by atoms with van der Waals surface area (Å²) in [5, 5.41) is 0. The maximum atomic E-state index is 13.1. The van der Waals surface area contributed by atoms with E-state index in [4.69, 9.17) is 5.84 Å². The average molecular weight is 315 g/mol. The van der Waals surface area contributed by atoms with Gasteiger partial charge >= 0.3 is 0 Å². The summed E-state index contributed by atoms with van der Waals surface area (Å²) < 4.78 is 13.9. The van der Waals surface area contributed by atoms with Crippen LogP contribution in [0.3, 0.4) is 0 Å². The molecular weight excluding hydrogens is 295 g/mol. The molecule has 0 spiro atoms. The number of nitrogens with one attached hydrogen (secondary N) is 1. The minimum absolute atomic E-state index is 0.109. The monoisotopic (exact) mass is 314 g/mol. The van der Waals surface area contributed by atoms with Crippen molar-refractivity contribution in [1.82, 2.24) is 5.43 Å². The summed E-state index contributed by atoms with van der Waals surface area (Å²) in [6.07, 6.45) is 7.55. The summed E-state index contributed by atoms with van der Waals surface area (Å²) in [5.41, 5.74) is 3.98. The van der Waals surface area contributed by atoms with E-state index in [1.807, 2.05) is 6.07 Å². The fourth-order valence-corrected chi connectivity index (χ4v) is 3.48. The second kappa shape index (κ2) is 6.64. The van der Waals surface area contributed by atoms with E-state index in [1.54, 1.807) is 0 Å². The van der Waals surface area contributed by atoms with Gasteiger partial charge in [-0.25, -0.2) is 4.39 Å². The van der Waals surface area contributed by atoms with E-state index in [-0.39, 0.29) is 11.9 Å². The van der Waals surface area contributed by atoms with Crippen LogP contribution in [0.1, 0.15) is 50.1 Å². The summed E-state index contributed by atoms with van der Waals surface area (Å²) in [6, 6.07) is 4.95. The third kappa shape index (κ3) is 3.31. The molecule has 2 nitrogen and oxygen atoms in total. The molecule has 1 aromatic carbocycles. The maximum absolute atomic E-state index is 13.1. The molecule has 1 aliphatic carbocycles. The van der Waals surface area contributed by atoms with Gasteiger partial charge in [0.2, 0.25) is 0 Å². The molecule has 0 saturated heterocycles. The van der Waals surface area contributed by atoms with Crippen molar-refractivity contribution in [1.29, 1.82) is 0 Å². The molecular formula is C14H20BrFN2. The molecule has 0 radical (unpaired) electrons. The highest BCUT2D eigenvalue weighted by Crippen LogP contribution is 2.36. The lowest BCUT2D eigenvalue weighted by molar-refractivity contribution is 0.328. The highest BCUT2D eigenvalue weighted by atomic mass is 79.9. The molecule has 0 aliphatic heterocycles. The lowest BCUT2D eigenvalue weighted by Gasteiger charge is -2.26. The quantitative estimate of drug-likeness (QED) is 0.501. The van der Waals surface area contributed by atoms with Crippen molar-refractivity contribution in [3.05, 3.63) is 34.1 Å². The van der Waals surface area contributed by atoms with Gasteiger partial charge in [-0.1, -0.05) is 47.7 Å². The molecule has 0 bridgehead atoms. The minimum atomic E-state index is -0.220. The van der Waals surface area contributed by atoms with Gasteiger partial charge in [-0.2, -0.15) is 0 Å². The molecule has 100 valence electrons. The van der Waals surface area contributed by atoms with Gasteiger partial charge in [0.05, 0.1) is 0 Å². The molecule has 0 amide bonds. The second-order valence-electron chi connectivity index (χ2n) is 5.06. The molecule has 1 fully saturated rings. The largest absolute Gasteiger partial charge is 0.271 e. The summed E-state index contributed by atoms with van der Waals surface area (Å²) in [4.78, 5) is 0. The van der Waals surface area contributed by atoms with Crippen LogP contribution < -0.4 is 11.3 Å². The number of rotatable bonds is 3. The Balaban J connectivity index is 2.20. The van der Waals surface area contributed by atoms with Gasteiger partial charge in [0, 0.05) is 10.5 Å². The first-order valence-corrected chi connectivity index (χ1v) is 7.42. The molecule has 4 heteroatoms. The van der Waals surface area contributed by atoms with Gasteiger partial charge in [-0.3, -0.25) is 11.3 Å². The smallest absolute Gasteiger partial charge is 0.124 e. The van der Waals surface area contributed by atoms with Crippen LogP contribution in [0.15, 0.2) is 22.7 Å². The Morgan fingerprint density at radius 1 is 1.22 bits per heavy atom. The van der Waals surface area contributed by atoms with Gasteiger partial charge in [0.25, 0.3) is 0 Å². The lowest BCUT2D eigenvalue weighted by atomic mass is 9.87. The SMILES string of the molecule is NNC(c1ccc(F)cc1Br)C1CCCCCC1. The Bertz CT molecular complexity index is 389. The molecule has 1 aliphatic rings. The Hall–Kier alpha value is -0.450. The summed E-state index contributed by atoms with van der Waals surface area (Å²) >= 11 is 3.44. The number of halogens is 2. The molecule has 1 aromatic rings. The minimum Gasteiger partial charge on any atom is -0.271 e. The zero-order valence-corrected chi connectivity index (χ0v) is 12.0. The van der Waals surface area contributed by atoms with E-state index in [0.29, 0.717) is 5.92 Å². The zero-order valence-electron chi connectivity index (χ0n) is 10.5. The zero-order chi connectivity index (χ0) is 13.0. The van der Waals surface area contributed by atoms with Crippen molar-refractivity contribution in [2.75, 3.05) is 0 Å². The molecule has 18 heavy (non-hydrogen) atoms. The van der Waals surface area contributed by atoms with Crippen LogP contribution in [0.2, 0.25) is 0 Å². The first kappa shape index (κ1) is 14.0. The van der Waals surface area contributed by atoms with Crippen molar-refractivity contribution < 1.29 is 4.39 Å². The van der Waals surface area contributed by atoms with E-state index in [2.05, 4.69) is 21.4 Å². The molecule has 3 N–H and O–H groups in total. The normalized spacial score (nSPS) is 19.5. The molecule has 0 aromatic heterocycles. The first-order chi connectivity index (χ1) is 8.72. The van der Waals surface area contributed by atoms with Crippen molar-refractivity contribution in [3.63, 3.8) is 0 Å². The third-order valence-corrected chi connectivity index (χ3v) is 4.54. The van der Waals surface area contributed by atoms with Gasteiger partial charge in [-0.15, -0.1) is 0 Å². The summed E-state index contributed by atoms with van der Waals surface area (Å²) in [6.45, 7) is 0. The summed E-state index contributed by atoms with van der Waals surface area (Å²) in [5.74, 6) is 6.05. The van der Waals surface area contributed by atoms with Crippen molar-refractivity contribution in [3.8, 4) is 0 Å². The number of hydrazine groups is 1. The van der Waals surface area contributed by atoms with Crippen LogP contribution in [0.5, 0.6) is 0 Å². The fourth-order valence-electron chi connectivity index (χ4n) is 2.88. The van der Waals surface area contributed by atoms with Crippen LogP contribution in [-0.4, -0.2) is 0 Å². The van der Waals surface area contributed by atoms with Crippen LogP contribution in [0, 0.1) is 11.7 Å². The second-order valence-corrected chi connectivity index (χ2v) is 5.92. The van der Waals surface area contributed by atoms with Crippen LogP contribution in [-0.2, 0) is 0 Å². The molecule has 2 rings (SSSR count). The van der Waals surface area contributed by atoms with E-state index in [1.165, 1.54) is 50.7 Å². The van der Waals surface area contributed by atoms with Crippen molar-refractivity contribution in [2.45, 2.75) is 44.6 Å². The number of hydrogen-bond acceptors (Lipinski definition) is 2. The van der Waals surface area contributed by atoms with Gasteiger partial charge < -0.3 is 0 Å². The van der Waals surface area contributed by atoms with Crippen LogP contribution in [0.4, 0.5) is 4.39 Å². The Morgan fingerprint density at radius 3 is 2.44 bits per heavy atom. The Labute approximate surface area is 116 Å². The van der Waals surface area contributed by atoms with Crippen LogP contribution >= 0.6 is 15.9 Å². The molecule has 0 heterocycles. The maximum Gasteiger partial charge on any atom is 0.124 e. The van der Waals surface area contributed by atoms with Gasteiger partial charge in [-0.05, 0) is 36.5 Å². The lowest BCUT2D eigenvalue weighted by Crippen LogP contribution is -2.33. The predicted molar refractivity (Wildman–Crippen MR) is 75.4 cm³/mol. The number of nitrogens with two attached hydrogens (primary N) is 1. The Morgan fingerprint density at radius 2 is 1.89 bits per heavy atom. The topological polar surface area (TPSA) is 38.0 Å². The predicted octanol–water partition coefficient (Wildman–Crippen LogP) is 4.06. The van der Waals surface area contributed by atoms with Crippen LogP contribution in [0.25, 0.3) is 0 Å². The molecule has 1 saturated carbocycles. The highest BCUT2D eigenvalue weighted by molar-refractivity contribution is 9.10. The highest BCUT2D eigenvalue weighted by Gasteiger charge is 2.24. The van der Waals surface area contributed by atoms with E-state index < -0.39 is 0 Å². The van der Waals surface area contributed by atoms with Gasteiger partial charge in [0.1, 0.15) is 5.82 Å². The van der Waals surface area contributed by atoms with E-state index in [0.717, 1.165) is 10.0 Å². The van der Waals surface area contributed by atoms with Crippen molar-refractivity contribution >= 4 is 15.9 Å². The standard InChI is InChI=1S/C14H20BrFN2/c15-13-9-11(16)7-8-12(13)14(18-17)10-5-3-1-2-4-6-10/h7-10,14,18H,1-6,17H2.